The van der Waals surface area contributed by atoms with Crippen LogP contribution in [0.25, 0.3) is 0 Å². The molecule has 2 aromatic carbocycles. The third-order valence-electron chi connectivity index (χ3n) is 3.09. The van der Waals surface area contributed by atoms with Crippen LogP contribution in [0.15, 0.2) is 53.5 Å². The first kappa shape index (κ1) is 18.4. The Labute approximate surface area is 144 Å². The molecular weight excluding hydrogens is 331 g/mol. The molecule has 130 valence electrons. The van der Waals surface area contributed by atoms with Crippen LogP contribution in [-0.2, 0) is 6.42 Å². The Morgan fingerprint density at radius 2 is 1.96 bits per heavy atom. The first-order valence-corrected chi connectivity index (χ1v) is 7.48. The highest BCUT2D eigenvalue weighted by Gasteiger charge is 2.33. The number of para-hydroxylation sites is 2. The average molecular weight is 348 g/mol. The Balaban J connectivity index is 1.99. The number of alkyl halides is 3. The van der Waals surface area contributed by atoms with Gasteiger partial charge in [0.1, 0.15) is 0 Å². The monoisotopic (exact) mass is 348 g/mol. The topological polar surface area (TPSA) is 34.4 Å². The third-order valence-corrected chi connectivity index (χ3v) is 3.09. The van der Waals surface area contributed by atoms with Crippen molar-refractivity contribution in [1.29, 1.82) is 0 Å². The molecule has 0 saturated carbocycles. The smallest absolute Gasteiger partial charge is 0.571 e. The van der Waals surface area contributed by atoms with Crippen molar-refractivity contribution in [3.05, 3.63) is 59.7 Å². The summed E-state index contributed by atoms with van der Waals surface area (Å²) in [6.07, 6.45) is -2.22. The Bertz CT molecular complexity index is 789. The number of halogens is 3. The van der Waals surface area contributed by atoms with Crippen LogP contribution < -0.4 is 4.74 Å². The largest absolute Gasteiger partial charge is 0.573 e. The normalized spacial score (nSPS) is 11.0. The summed E-state index contributed by atoms with van der Waals surface area (Å²) in [5.74, 6) is 5.56. The molecule has 0 amide bonds. The molecule has 6 heteroatoms. The van der Waals surface area contributed by atoms with Crippen molar-refractivity contribution in [2.45, 2.75) is 12.8 Å². The summed E-state index contributed by atoms with van der Waals surface area (Å²) in [5, 5.41) is 0. The third kappa shape index (κ3) is 6.60. The Kier molecular flexibility index (Phi) is 6.47. The molecule has 0 aliphatic carbocycles. The van der Waals surface area contributed by atoms with E-state index in [0.29, 0.717) is 0 Å². The van der Waals surface area contributed by atoms with Gasteiger partial charge in [-0.25, -0.2) is 0 Å². The quantitative estimate of drug-likeness (QED) is 0.455. The predicted octanol–water partition coefficient (Wildman–Crippen LogP) is 4.12. The molecule has 0 atom stereocenters. The molecule has 0 bridgehead atoms. The lowest BCUT2D eigenvalue weighted by Gasteiger charge is -2.10. The minimum atomic E-state index is -4.75. The van der Waals surface area contributed by atoms with E-state index in [9.17, 15) is 13.2 Å². The van der Waals surface area contributed by atoms with Gasteiger partial charge in [0.05, 0.1) is 0 Å². The van der Waals surface area contributed by atoms with E-state index in [2.05, 4.69) is 26.3 Å². The zero-order valence-corrected chi connectivity index (χ0v) is 13.5. The zero-order chi connectivity index (χ0) is 18.1. The van der Waals surface area contributed by atoms with Gasteiger partial charge in [-0.15, -0.1) is 13.2 Å². The van der Waals surface area contributed by atoms with E-state index in [1.165, 1.54) is 18.2 Å². The second-order valence-electron chi connectivity index (χ2n) is 4.98. The highest BCUT2D eigenvalue weighted by atomic mass is 19.4. The molecular formula is C19H17F3NO2+. The van der Waals surface area contributed by atoms with Gasteiger partial charge in [0.15, 0.2) is 0 Å². The fraction of sp³-hybridized carbons (Fsp3) is 0.211. The number of aromatic hydroxyl groups is 1. The molecule has 0 spiro atoms. The lowest BCUT2D eigenvalue weighted by Crippen LogP contribution is -2.17. The molecule has 2 aromatic rings. The minimum absolute atomic E-state index is 0.0683. The number of aliphatic hydroxyl groups is 1. The van der Waals surface area contributed by atoms with Gasteiger partial charge < -0.3 is 14.5 Å². The molecule has 1 N–H and O–H groups in total. The Morgan fingerprint density at radius 1 is 1.16 bits per heavy atom. The van der Waals surface area contributed by atoms with Gasteiger partial charge in [0, 0.05) is 31.3 Å². The molecule has 25 heavy (non-hydrogen) atoms. The molecule has 2 rings (SSSR count). The summed E-state index contributed by atoms with van der Waals surface area (Å²) in [6, 6.07) is 13.4. The van der Waals surface area contributed by atoms with Crippen LogP contribution in [-0.4, -0.2) is 31.0 Å². The second kappa shape index (κ2) is 8.78. The van der Waals surface area contributed by atoms with Crippen molar-refractivity contribution in [1.82, 2.24) is 0 Å². The van der Waals surface area contributed by atoms with E-state index in [4.69, 9.17) is 0 Å². The van der Waals surface area contributed by atoms with E-state index in [0.717, 1.165) is 17.5 Å². The van der Waals surface area contributed by atoms with Crippen molar-refractivity contribution in [2.75, 3.05) is 13.7 Å². The van der Waals surface area contributed by atoms with Crippen molar-refractivity contribution < 1.29 is 22.6 Å². The maximum Gasteiger partial charge on any atom is 0.573 e. The molecule has 0 fully saturated rings. The summed E-state index contributed by atoms with van der Waals surface area (Å²) < 4.78 is 45.1. The van der Waals surface area contributed by atoms with Gasteiger partial charge in [-0.05, 0) is 29.7 Å². The number of nitrogens with zero attached hydrogens (tertiary/aromatic N) is 1. The highest BCUT2D eigenvalue weighted by molar-refractivity contribution is 5.61. The first-order valence-electron chi connectivity index (χ1n) is 7.48. The van der Waals surface area contributed by atoms with Crippen LogP contribution in [0.1, 0.15) is 11.1 Å². The van der Waals surface area contributed by atoms with Gasteiger partial charge >= 0.3 is 6.36 Å². The van der Waals surface area contributed by atoms with E-state index in [1.807, 2.05) is 24.3 Å². The van der Waals surface area contributed by atoms with Gasteiger partial charge in [-0.1, -0.05) is 30.2 Å². The molecule has 0 saturated heterocycles. The van der Waals surface area contributed by atoms with Crippen LogP contribution >= 0.6 is 0 Å². The maximum absolute atomic E-state index is 12.4. The molecule has 0 unspecified atom stereocenters. The minimum Gasteiger partial charge on any atom is -0.571 e. The SMILES string of the molecule is CN=CCc1cccc(C#CC[OH+]c2ccccc2OC(F)(F)F)c1. The van der Waals surface area contributed by atoms with E-state index in [-0.39, 0.29) is 18.1 Å². The first-order chi connectivity index (χ1) is 12.0. The average Bonchev–Trinajstić information content (AvgIpc) is 2.57. The van der Waals surface area contributed by atoms with Crippen LogP contribution in [0, 0.1) is 11.8 Å². The fourth-order valence-electron chi connectivity index (χ4n) is 2.04. The zero-order valence-electron chi connectivity index (χ0n) is 13.5. The Morgan fingerprint density at radius 3 is 2.72 bits per heavy atom. The van der Waals surface area contributed by atoms with Crippen LogP contribution in [0.5, 0.6) is 11.5 Å². The number of hydrogen-bond acceptors (Lipinski definition) is 2. The standard InChI is InChI=1S/C19H16F3NO2/c1-23-12-11-16-7-4-6-15(14-16)8-5-13-24-17-9-2-3-10-18(17)25-19(20,21)22/h2-4,6-7,9-10,12,14H,11,13H2,1H3/p+1. The summed E-state index contributed by atoms with van der Waals surface area (Å²) in [5.41, 5.74) is 1.90. The van der Waals surface area contributed by atoms with Crippen molar-refractivity contribution in [2.24, 2.45) is 4.99 Å². The van der Waals surface area contributed by atoms with Crippen LogP contribution in [0.3, 0.4) is 0 Å². The highest BCUT2D eigenvalue weighted by Crippen LogP contribution is 2.32. The lowest BCUT2D eigenvalue weighted by atomic mass is 10.1. The van der Waals surface area contributed by atoms with E-state index >= 15 is 0 Å². The fourth-order valence-corrected chi connectivity index (χ4v) is 2.04. The van der Waals surface area contributed by atoms with Gasteiger partial charge in [-0.3, -0.25) is 0 Å². The summed E-state index contributed by atoms with van der Waals surface area (Å²) in [6.45, 7) is 0.0683. The van der Waals surface area contributed by atoms with Crippen LogP contribution in [0.4, 0.5) is 13.2 Å². The molecule has 0 aromatic heterocycles. The van der Waals surface area contributed by atoms with Crippen LogP contribution in [0.2, 0.25) is 0 Å². The van der Waals surface area contributed by atoms with Crippen molar-refractivity contribution >= 4 is 6.21 Å². The number of ether oxygens (including phenoxy) is 2. The number of hydrogen-bond donors (Lipinski definition) is 0. The number of rotatable bonds is 5. The van der Waals surface area contributed by atoms with Gasteiger partial charge in [-0.2, -0.15) is 0 Å². The van der Waals surface area contributed by atoms with Crippen molar-refractivity contribution in [3.63, 3.8) is 0 Å². The van der Waals surface area contributed by atoms with E-state index < -0.39 is 6.36 Å². The molecule has 0 aliphatic heterocycles. The van der Waals surface area contributed by atoms with Crippen molar-refractivity contribution in [3.8, 4) is 23.3 Å². The molecule has 3 nitrogen and oxygen atoms in total. The van der Waals surface area contributed by atoms with Gasteiger partial charge in [0.2, 0.25) is 12.4 Å². The summed E-state index contributed by atoms with van der Waals surface area (Å²) >= 11 is 0. The number of aliphatic imine (C=N–C) groups is 1. The van der Waals surface area contributed by atoms with Gasteiger partial charge in [0.25, 0.3) is 5.75 Å². The summed E-state index contributed by atoms with van der Waals surface area (Å²) in [7, 11) is 1.71. The second-order valence-corrected chi connectivity index (χ2v) is 4.98. The number of benzene rings is 2. The Hall–Kier alpha value is -2.94. The molecule has 0 heterocycles. The lowest BCUT2D eigenvalue weighted by molar-refractivity contribution is -0.275. The van der Waals surface area contributed by atoms with E-state index in [1.54, 1.807) is 19.3 Å². The molecule has 0 aliphatic rings. The maximum atomic E-state index is 12.4. The molecule has 0 radical (unpaired) electrons. The summed E-state index contributed by atoms with van der Waals surface area (Å²) in [4.78, 5) is 3.94. The predicted molar refractivity (Wildman–Crippen MR) is 91.1 cm³/mol.